The number of carbonyl (C=O) groups excluding carboxylic acids is 2. The highest BCUT2D eigenvalue weighted by Gasteiger charge is 2.54. The molecule has 6 atom stereocenters. The highest BCUT2D eigenvalue weighted by atomic mass is 32.1. The number of ether oxygens (including phenoxy) is 1. The summed E-state index contributed by atoms with van der Waals surface area (Å²) >= 11 is 1.58. The van der Waals surface area contributed by atoms with Crippen LogP contribution in [-0.4, -0.2) is 67.4 Å². The van der Waals surface area contributed by atoms with Gasteiger partial charge in [0.15, 0.2) is 5.13 Å². The molecule has 208 valence electrons. The van der Waals surface area contributed by atoms with Crippen LogP contribution in [0.3, 0.4) is 0 Å². The Balaban J connectivity index is 1.40. The van der Waals surface area contributed by atoms with Crippen LogP contribution in [0.2, 0.25) is 0 Å². The van der Waals surface area contributed by atoms with E-state index in [0.717, 1.165) is 57.8 Å². The van der Waals surface area contributed by atoms with Crippen LogP contribution in [0.5, 0.6) is 0 Å². The lowest BCUT2D eigenvalue weighted by Crippen LogP contribution is -3.14. The molecule has 2 amide bonds. The number of thiazole rings is 1. The lowest BCUT2D eigenvalue weighted by molar-refractivity contribution is -0.906. The molecule has 8 nitrogen and oxygen atoms in total. The average molecular weight is 536 g/mol. The number of carbonyl (C=O) groups is 2. The molecule has 3 aliphatic rings. The summed E-state index contributed by atoms with van der Waals surface area (Å²) in [6, 6.07) is 0. The number of hydrogen-bond acceptors (Lipinski definition) is 6. The fourth-order valence-electron chi connectivity index (χ4n) is 6.87. The molecule has 1 aromatic rings. The molecule has 1 saturated carbocycles. The summed E-state index contributed by atoms with van der Waals surface area (Å²) in [5.74, 6) is -0.173. The van der Waals surface area contributed by atoms with Gasteiger partial charge in [0.25, 0.3) is 0 Å². The zero-order chi connectivity index (χ0) is 27.0. The van der Waals surface area contributed by atoms with E-state index in [0.29, 0.717) is 18.1 Å². The van der Waals surface area contributed by atoms with Gasteiger partial charge in [0.1, 0.15) is 13.1 Å². The number of aliphatic hydroxyl groups excluding tert-OH is 1. The Bertz CT molecular complexity index is 970. The van der Waals surface area contributed by atoms with E-state index in [2.05, 4.69) is 45.3 Å². The maximum Gasteiger partial charge on any atom is 0.226 e. The van der Waals surface area contributed by atoms with Gasteiger partial charge < -0.3 is 25.4 Å². The van der Waals surface area contributed by atoms with Gasteiger partial charge in [-0.3, -0.25) is 9.59 Å². The van der Waals surface area contributed by atoms with Gasteiger partial charge in [0.05, 0.1) is 38.1 Å². The van der Waals surface area contributed by atoms with Crippen molar-refractivity contribution in [2.24, 2.45) is 28.6 Å². The number of amides is 2. The first-order valence-corrected chi connectivity index (χ1v) is 14.9. The molecule has 0 unspecified atom stereocenters. The van der Waals surface area contributed by atoms with Gasteiger partial charge in [-0.25, -0.2) is 4.98 Å². The van der Waals surface area contributed by atoms with Crippen LogP contribution < -0.4 is 15.5 Å². The Morgan fingerprint density at radius 3 is 2.68 bits per heavy atom. The van der Waals surface area contributed by atoms with Gasteiger partial charge in [-0.05, 0) is 41.9 Å². The number of aliphatic hydroxyl groups is 1. The third-order valence-electron chi connectivity index (χ3n) is 8.89. The molecule has 0 bridgehead atoms. The molecule has 0 spiro atoms. The van der Waals surface area contributed by atoms with E-state index in [1.165, 1.54) is 9.78 Å². The molecule has 4 rings (SSSR count). The molecular weight excluding hydrogens is 488 g/mol. The van der Waals surface area contributed by atoms with Crippen molar-refractivity contribution in [3.63, 3.8) is 0 Å². The number of nitrogens with zero attached hydrogens (tertiary/aromatic N) is 1. The number of aromatic nitrogens is 1. The number of quaternary nitrogens is 1. The summed E-state index contributed by atoms with van der Waals surface area (Å²) in [7, 11) is 0. The highest BCUT2D eigenvalue weighted by molar-refractivity contribution is 7.15. The van der Waals surface area contributed by atoms with E-state index < -0.39 is 6.10 Å². The molecule has 9 heteroatoms. The van der Waals surface area contributed by atoms with Crippen LogP contribution in [0.1, 0.15) is 77.3 Å². The van der Waals surface area contributed by atoms with Gasteiger partial charge in [-0.15, -0.1) is 11.3 Å². The second-order valence-corrected chi connectivity index (χ2v) is 14.2. The van der Waals surface area contributed by atoms with Crippen LogP contribution in [0.4, 0.5) is 5.13 Å². The molecule has 2 fully saturated rings. The molecule has 1 aromatic heterocycles. The summed E-state index contributed by atoms with van der Waals surface area (Å²) in [6.07, 6.45) is 2.56. The van der Waals surface area contributed by atoms with Crippen LogP contribution >= 0.6 is 11.3 Å². The number of morpholine rings is 1. The summed E-state index contributed by atoms with van der Waals surface area (Å²) in [5, 5.41) is 18.5. The van der Waals surface area contributed by atoms with E-state index in [9.17, 15) is 14.7 Å². The summed E-state index contributed by atoms with van der Waals surface area (Å²) < 4.78 is 5.42. The van der Waals surface area contributed by atoms with Crippen LogP contribution in [0, 0.1) is 28.6 Å². The predicted molar refractivity (Wildman–Crippen MR) is 146 cm³/mol. The molecular formula is C28H47N4O4S+. The highest BCUT2D eigenvalue weighted by Crippen LogP contribution is 2.57. The summed E-state index contributed by atoms with van der Waals surface area (Å²) in [6.45, 7) is 17.7. The smallest absolute Gasteiger partial charge is 0.226 e. The minimum Gasteiger partial charge on any atom is -0.392 e. The first-order valence-electron chi connectivity index (χ1n) is 14.0. The lowest BCUT2D eigenvalue weighted by Gasteiger charge is -2.53. The van der Waals surface area contributed by atoms with Crippen molar-refractivity contribution in [2.45, 2.75) is 79.2 Å². The van der Waals surface area contributed by atoms with Crippen molar-refractivity contribution in [3.8, 4) is 0 Å². The van der Waals surface area contributed by atoms with Crippen molar-refractivity contribution < 1.29 is 24.3 Å². The van der Waals surface area contributed by atoms with Crippen molar-refractivity contribution >= 4 is 28.3 Å². The Labute approximate surface area is 225 Å². The molecule has 0 radical (unpaired) electrons. The Hall–Kier alpha value is -1.55. The second kappa shape index (κ2) is 11.3. The van der Waals surface area contributed by atoms with Crippen molar-refractivity contribution in [3.05, 3.63) is 10.6 Å². The number of anilines is 1. The average Bonchev–Trinajstić information content (AvgIpc) is 3.19. The van der Waals surface area contributed by atoms with Gasteiger partial charge in [-0.1, -0.05) is 41.5 Å². The summed E-state index contributed by atoms with van der Waals surface area (Å²) in [5.41, 5.74) is 0.878. The minimum absolute atomic E-state index is 0.00923. The van der Waals surface area contributed by atoms with E-state index in [-0.39, 0.29) is 46.3 Å². The Morgan fingerprint density at radius 2 is 2.00 bits per heavy atom. The monoisotopic (exact) mass is 535 g/mol. The van der Waals surface area contributed by atoms with Crippen molar-refractivity contribution in [1.29, 1.82) is 0 Å². The molecule has 2 heterocycles. The fourth-order valence-corrected chi connectivity index (χ4v) is 8.15. The Morgan fingerprint density at radius 1 is 1.30 bits per heavy atom. The maximum atomic E-state index is 13.0. The van der Waals surface area contributed by atoms with Gasteiger partial charge >= 0.3 is 0 Å². The Kier molecular flexibility index (Phi) is 8.68. The fraction of sp³-hybridized carbons (Fsp3) is 0.821. The molecule has 4 N–H and O–H groups in total. The molecule has 1 saturated heterocycles. The lowest BCUT2D eigenvalue weighted by atomic mass is 9.53. The van der Waals surface area contributed by atoms with E-state index in [4.69, 9.17) is 9.72 Å². The van der Waals surface area contributed by atoms with Crippen molar-refractivity contribution in [1.82, 2.24) is 10.3 Å². The molecule has 37 heavy (non-hydrogen) atoms. The topological polar surface area (TPSA) is 105 Å². The first kappa shape index (κ1) is 28.5. The zero-order valence-electron chi connectivity index (χ0n) is 23.5. The second-order valence-electron chi connectivity index (χ2n) is 13.1. The van der Waals surface area contributed by atoms with Crippen molar-refractivity contribution in [2.75, 3.05) is 44.7 Å². The van der Waals surface area contributed by atoms with E-state index >= 15 is 0 Å². The molecule has 1 aliphatic heterocycles. The number of fused-ring (bicyclic) bond motifs is 2. The normalized spacial score (nSPS) is 31.2. The minimum atomic E-state index is -0.562. The van der Waals surface area contributed by atoms with Crippen LogP contribution in [0.25, 0.3) is 0 Å². The first-order chi connectivity index (χ1) is 17.4. The molecule has 0 aromatic carbocycles. The van der Waals surface area contributed by atoms with E-state index in [1.807, 2.05) is 6.92 Å². The van der Waals surface area contributed by atoms with Crippen LogP contribution in [-0.2, 0) is 20.7 Å². The number of rotatable bonds is 7. The third-order valence-corrected chi connectivity index (χ3v) is 9.88. The molecule has 2 aliphatic carbocycles. The largest absolute Gasteiger partial charge is 0.392 e. The number of hydrogen-bond donors (Lipinski definition) is 4. The quantitative estimate of drug-likeness (QED) is 0.429. The van der Waals surface area contributed by atoms with Crippen LogP contribution in [0.15, 0.2) is 0 Å². The SMILES string of the molecule is C[C@H](C(=O)NCC[NH+]1CCOCC1)[C@@H]1CC[C@@]2(C)Cc3sc(NC(=O)CC(C)(C)C)nc3[C@@H](C)[C@@H]2[C@H]1O. The predicted octanol–water partition coefficient (Wildman–Crippen LogP) is 2.24. The summed E-state index contributed by atoms with van der Waals surface area (Å²) in [4.78, 5) is 33.1. The van der Waals surface area contributed by atoms with Gasteiger partial charge in [0.2, 0.25) is 11.8 Å². The van der Waals surface area contributed by atoms with Gasteiger partial charge in [-0.2, -0.15) is 0 Å². The van der Waals surface area contributed by atoms with E-state index in [1.54, 1.807) is 11.3 Å². The zero-order valence-corrected chi connectivity index (χ0v) is 24.3. The third kappa shape index (κ3) is 6.54. The number of nitrogens with one attached hydrogen (secondary N) is 3. The van der Waals surface area contributed by atoms with Gasteiger partial charge in [0, 0.05) is 23.1 Å². The maximum absolute atomic E-state index is 13.0. The standard InChI is InChI=1S/C28H46N4O4S/c1-17(25(35)29-9-10-32-11-13-36-14-12-32)19-7-8-28(6)15-20-23(18(2)22(28)24(19)34)31-26(37-20)30-21(33)16-27(3,4)5/h17-19,22,24,34H,7-16H2,1-6H3,(H,29,35)(H,30,31,33)/p+1/t17-,18-,19-,22+,24-,28-/m0/s1.